The zero-order chi connectivity index (χ0) is 16.8. The summed E-state index contributed by atoms with van der Waals surface area (Å²) in [4.78, 5) is 21.1. The number of carbonyl (C=O) groups is 1. The molecule has 25 heavy (non-hydrogen) atoms. The second-order valence-corrected chi connectivity index (χ2v) is 6.22. The number of ether oxygens (including phenoxy) is 2. The van der Waals surface area contributed by atoms with E-state index in [1.165, 1.54) is 0 Å². The summed E-state index contributed by atoms with van der Waals surface area (Å²) in [6, 6.07) is 13.8. The Labute approximate surface area is 145 Å². The van der Waals surface area contributed by atoms with Crippen molar-refractivity contribution in [2.45, 2.75) is 6.54 Å². The van der Waals surface area contributed by atoms with E-state index in [1.54, 1.807) is 4.90 Å². The molecule has 3 aliphatic heterocycles. The second kappa shape index (κ2) is 5.51. The van der Waals surface area contributed by atoms with E-state index in [2.05, 4.69) is 4.99 Å². The molecule has 0 saturated carbocycles. The molecule has 2 aromatic rings. The molecule has 0 atom stereocenters. The van der Waals surface area contributed by atoms with Gasteiger partial charge in [-0.05, 0) is 29.8 Å². The average Bonchev–Trinajstić information content (AvgIpc) is 3.15. The van der Waals surface area contributed by atoms with E-state index in [-0.39, 0.29) is 6.03 Å². The van der Waals surface area contributed by atoms with Crippen molar-refractivity contribution in [2.75, 3.05) is 31.2 Å². The summed E-state index contributed by atoms with van der Waals surface area (Å²) in [5.41, 5.74) is 2.92. The summed E-state index contributed by atoms with van der Waals surface area (Å²) in [6.07, 6.45) is 0. The number of hydrogen-bond acceptors (Lipinski definition) is 4. The van der Waals surface area contributed by atoms with Crippen LogP contribution in [-0.4, -0.2) is 43.1 Å². The lowest BCUT2D eigenvalue weighted by Gasteiger charge is -2.35. The van der Waals surface area contributed by atoms with Crippen LogP contribution in [0.2, 0.25) is 0 Å². The van der Waals surface area contributed by atoms with E-state index in [4.69, 9.17) is 9.47 Å². The molecule has 0 aliphatic carbocycles. The molecule has 0 spiro atoms. The summed E-state index contributed by atoms with van der Waals surface area (Å²) < 4.78 is 11.2. The number of para-hydroxylation sites is 1. The number of amides is 2. The Morgan fingerprint density at radius 3 is 2.80 bits per heavy atom. The van der Waals surface area contributed by atoms with Gasteiger partial charge in [-0.2, -0.15) is 0 Å². The fourth-order valence-corrected chi connectivity index (χ4v) is 3.53. The lowest BCUT2D eigenvalue weighted by molar-refractivity contribution is 0.171. The molecule has 0 radical (unpaired) electrons. The van der Waals surface area contributed by atoms with Gasteiger partial charge in [-0.1, -0.05) is 18.2 Å². The minimum atomic E-state index is -0.0233. The molecule has 0 aromatic heterocycles. The number of aliphatic imine (C=N–C) groups is 1. The normalized spacial score (nSPS) is 17.9. The molecule has 3 heterocycles. The first-order chi connectivity index (χ1) is 12.3. The number of anilines is 1. The van der Waals surface area contributed by atoms with Crippen molar-refractivity contribution in [3.63, 3.8) is 0 Å². The summed E-state index contributed by atoms with van der Waals surface area (Å²) in [6.45, 7) is 2.90. The van der Waals surface area contributed by atoms with Crippen molar-refractivity contribution in [1.29, 1.82) is 0 Å². The van der Waals surface area contributed by atoms with E-state index in [9.17, 15) is 4.79 Å². The van der Waals surface area contributed by atoms with Crippen LogP contribution in [0.25, 0.3) is 0 Å². The van der Waals surface area contributed by atoms with Crippen LogP contribution in [0.1, 0.15) is 11.1 Å². The highest BCUT2D eigenvalue weighted by Gasteiger charge is 2.36. The van der Waals surface area contributed by atoms with Crippen molar-refractivity contribution in [1.82, 2.24) is 4.90 Å². The Hall–Kier alpha value is -3.02. The van der Waals surface area contributed by atoms with Crippen molar-refractivity contribution in [2.24, 2.45) is 4.99 Å². The minimum Gasteiger partial charge on any atom is -0.486 e. The van der Waals surface area contributed by atoms with Crippen molar-refractivity contribution < 1.29 is 14.3 Å². The maximum Gasteiger partial charge on any atom is 0.330 e. The van der Waals surface area contributed by atoms with Gasteiger partial charge in [-0.25, -0.2) is 4.79 Å². The smallest absolute Gasteiger partial charge is 0.330 e. The standard InChI is InChI=1S/C19H17N3O3/c23-19-21-8-7-20-18(21)14-3-1-2-4-15(14)22(19)12-13-5-6-16-17(11-13)25-10-9-24-16/h1-6,11H,7-10,12H2. The molecule has 0 fully saturated rings. The van der Waals surface area contributed by atoms with Crippen LogP contribution in [0.4, 0.5) is 10.5 Å². The minimum absolute atomic E-state index is 0.0233. The van der Waals surface area contributed by atoms with E-state index in [0.717, 1.165) is 34.1 Å². The fourth-order valence-electron chi connectivity index (χ4n) is 3.53. The van der Waals surface area contributed by atoms with Crippen LogP contribution in [-0.2, 0) is 6.54 Å². The highest BCUT2D eigenvalue weighted by Crippen LogP contribution is 2.34. The molecule has 126 valence electrons. The molecule has 6 heteroatoms. The molecule has 3 aliphatic rings. The van der Waals surface area contributed by atoms with Gasteiger partial charge in [0.15, 0.2) is 11.5 Å². The van der Waals surface area contributed by atoms with Crippen LogP contribution in [0, 0.1) is 0 Å². The van der Waals surface area contributed by atoms with E-state index in [0.29, 0.717) is 32.8 Å². The zero-order valence-electron chi connectivity index (χ0n) is 13.6. The largest absolute Gasteiger partial charge is 0.486 e. The molecule has 2 amide bonds. The van der Waals surface area contributed by atoms with Gasteiger partial charge in [0.1, 0.15) is 19.0 Å². The number of nitrogens with zero attached hydrogens (tertiary/aromatic N) is 3. The highest BCUT2D eigenvalue weighted by molar-refractivity contribution is 6.19. The van der Waals surface area contributed by atoms with Gasteiger partial charge in [0, 0.05) is 12.1 Å². The Bertz CT molecular complexity index is 893. The lowest BCUT2D eigenvalue weighted by Crippen LogP contribution is -2.49. The van der Waals surface area contributed by atoms with E-state index in [1.807, 2.05) is 47.4 Å². The van der Waals surface area contributed by atoms with E-state index < -0.39 is 0 Å². The molecule has 0 saturated heterocycles. The predicted octanol–water partition coefficient (Wildman–Crippen LogP) is 2.66. The van der Waals surface area contributed by atoms with Gasteiger partial charge < -0.3 is 9.47 Å². The van der Waals surface area contributed by atoms with Gasteiger partial charge in [-0.3, -0.25) is 14.8 Å². The highest BCUT2D eigenvalue weighted by atomic mass is 16.6. The monoisotopic (exact) mass is 335 g/mol. The van der Waals surface area contributed by atoms with Gasteiger partial charge in [0.2, 0.25) is 0 Å². The number of rotatable bonds is 2. The SMILES string of the molecule is O=C1N2CCN=C2c2ccccc2N1Cc1ccc2c(c1)OCCO2. The van der Waals surface area contributed by atoms with Crippen molar-refractivity contribution >= 4 is 17.6 Å². The first kappa shape index (κ1) is 14.3. The van der Waals surface area contributed by atoms with Gasteiger partial charge >= 0.3 is 6.03 Å². The first-order valence-corrected chi connectivity index (χ1v) is 8.43. The molecular formula is C19H17N3O3. The van der Waals surface area contributed by atoms with E-state index >= 15 is 0 Å². The first-order valence-electron chi connectivity index (χ1n) is 8.43. The van der Waals surface area contributed by atoms with Gasteiger partial charge in [-0.15, -0.1) is 0 Å². The maximum absolute atomic E-state index is 13.0. The quantitative estimate of drug-likeness (QED) is 0.848. The molecule has 0 bridgehead atoms. The third kappa shape index (κ3) is 2.25. The van der Waals surface area contributed by atoms with Gasteiger partial charge in [0.05, 0.1) is 18.8 Å². The molecule has 0 N–H and O–H groups in total. The number of amidine groups is 1. The maximum atomic E-state index is 13.0. The molecule has 0 unspecified atom stereocenters. The molecule has 5 rings (SSSR count). The lowest BCUT2D eigenvalue weighted by atomic mass is 10.1. The van der Waals surface area contributed by atoms with Crippen LogP contribution < -0.4 is 14.4 Å². The Morgan fingerprint density at radius 1 is 1.04 bits per heavy atom. The van der Waals surface area contributed by atoms with Crippen molar-refractivity contribution in [3.05, 3.63) is 53.6 Å². The summed E-state index contributed by atoms with van der Waals surface area (Å²) in [5, 5.41) is 0. The fraction of sp³-hybridized carbons (Fsp3) is 0.263. The third-order valence-electron chi connectivity index (χ3n) is 4.69. The summed E-state index contributed by atoms with van der Waals surface area (Å²) in [7, 11) is 0. The number of benzene rings is 2. The van der Waals surface area contributed by atoms with Crippen LogP contribution in [0.5, 0.6) is 11.5 Å². The summed E-state index contributed by atoms with van der Waals surface area (Å²) >= 11 is 0. The number of urea groups is 1. The average molecular weight is 335 g/mol. The number of carbonyl (C=O) groups excluding carboxylic acids is 1. The molecule has 2 aromatic carbocycles. The second-order valence-electron chi connectivity index (χ2n) is 6.22. The summed E-state index contributed by atoms with van der Waals surface area (Å²) in [5.74, 6) is 2.29. The van der Waals surface area contributed by atoms with Crippen molar-refractivity contribution in [3.8, 4) is 11.5 Å². The third-order valence-corrected chi connectivity index (χ3v) is 4.69. The Morgan fingerprint density at radius 2 is 1.88 bits per heavy atom. The molecule has 6 nitrogen and oxygen atoms in total. The predicted molar refractivity (Wildman–Crippen MR) is 93.6 cm³/mol. The molecular weight excluding hydrogens is 318 g/mol. The van der Waals surface area contributed by atoms with Crippen LogP contribution in [0.15, 0.2) is 47.5 Å². The Kier molecular flexibility index (Phi) is 3.16. The number of fused-ring (bicyclic) bond motifs is 4. The topological polar surface area (TPSA) is 54.4 Å². The zero-order valence-corrected chi connectivity index (χ0v) is 13.6. The number of hydrogen-bond donors (Lipinski definition) is 0. The Balaban J connectivity index is 1.52. The van der Waals surface area contributed by atoms with Crippen LogP contribution in [0.3, 0.4) is 0 Å². The van der Waals surface area contributed by atoms with Gasteiger partial charge in [0.25, 0.3) is 0 Å². The van der Waals surface area contributed by atoms with Crippen LogP contribution >= 0.6 is 0 Å².